The van der Waals surface area contributed by atoms with Crippen molar-refractivity contribution in [3.63, 3.8) is 0 Å². The van der Waals surface area contributed by atoms with E-state index in [4.69, 9.17) is 9.47 Å². The average molecular weight is 293 g/mol. The van der Waals surface area contributed by atoms with Crippen LogP contribution in [0.3, 0.4) is 0 Å². The van der Waals surface area contributed by atoms with Gasteiger partial charge in [-0.25, -0.2) is 0 Å². The Hall–Kier alpha value is -1.10. The fraction of sp³-hybridized carbons (Fsp3) is 0.647. The summed E-state index contributed by atoms with van der Waals surface area (Å²) in [5.41, 5.74) is 0.631. The zero-order valence-electron chi connectivity index (χ0n) is 13.3. The molecule has 1 aromatic carbocycles. The van der Waals surface area contributed by atoms with Gasteiger partial charge in [-0.05, 0) is 38.0 Å². The summed E-state index contributed by atoms with van der Waals surface area (Å²) in [6.07, 6.45) is 0.341. The average Bonchev–Trinajstić information content (AvgIpc) is 2.55. The van der Waals surface area contributed by atoms with Gasteiger partial charge in [0.1, 0.15) is 5.75 Å². The Bertz CT molecular complexity index is 445. The molecule has 1 saturated heterocycles. The molecular weight excluding hydrogens is 266 g/mol. The number of aliphatic hydroxyl groups excluding tert-OH is 1. The van der Waals surface area contributed by atoms with Crippen LogP contribution < -0.4 is 4.74 Å². The molecule has 0 saturated carbocycles. The van der Waals surface area contributed by atoms with E-state index in [1.807, 2.05) is 31.2 Å². The highest BCUT2D eigenvalue weighted by atomic mass is 16.5. The van der Waals surface area contributed by atoms with E-state index < -0.39 is 6.10 Å². The number of aliphatic hydroxyl groups is 1. The number of ether oxygens (including phenoxy) is 2. The monoisotopic (exact) mass is 293 g/mol. The zero-order valence-corrected chi connectivity index (χ0v) is 13.3. The van der Waals surface area contributed by atoms with Crippen LogP contribution in [0.5, 0.6) is 5.75 Å². The molecule has 1 aliphatic rings. The molecule has 4 nitrogen and oxygen atoms in total. The number of hydrogen-bond donors (Lipinski definition) is 1. The molecule has 1 heterocycles. The van der Waals surface area contributed by atoms with Crippen molar-refractivity contribution >= 4 is 0 Å². The molecule has 1 N–H and O–H groups in total. The molecule has 2 rings (SSSR count). The lowest BCUT2D eigenvalue weighted by molar-refractivity contribution is -0.0734. The predicted octanol–water partition coefficient (Wildman–Crippen LogP) is 2.62. The molecule has 1 aromatic rings. The largest absolute Gasteiger partial charge is 0.494 e. The van der Waals surface area contributed by atoms with E-state index in [1.165, 1.54) is 0 Å². The molecule has 0 aliphatic carbocycles. The lowest BCUT2D eigenvalue weighted by Gasteiger charge is -2.46. The van der Waals surface area contributed by atoms with E-state index in [-0.39, 0.29) is 5.54 Å². The Kier molecular flexibility index (Phi) is 5.62. The van der Waals surface area contributed by atoms with Crippen molar-refractivity contribution < 1.29 is 14.6 Å². The van der Waals surface area contributed by atoms with Crippen molar-refractivity contribution in [1.29, 1.82) is 0 Å². The van der Waals surface area contributed by atoms with Crippen LogP contribution in [-0.2, 0) is 4.74 Å². The van der Waals surface area contributed by atoms with E-state index in [0.717, 1.165) is 44.0 Å². The van der Waals surface area contributed by atoms with Crippen LogP contribution in [0.4, 0.5) is 0 Å². The first-order chi connectivity index (χ1) is 10.1. The Labute approximate surface area is 127 Å². The van der Waals surface area contributed by atoms with Crippen molar-refractivity contribution in [2.75, 3.05) is 32.9 Å². The van der Waals surface area contributed by atoms with Gasteiger partial charge < -0.3 is 14.6 Å². The number of rotatable bonds is 6. The maximum absolute atomic E-state index is 10.9. The second kappa shape index (κ2) is 7.25. The first kappa shape index (κ1) is 16.3. The molecule has 21 heavy (non-hydrogen) atoms. The van der Waals surface area contributed by atoms with Gasteiger partial charge in [-0.15, -0.1) is 0 Å². The Morgan fingerprint density at radius 2 is 2.05 bits per heavy atom. The number of nitrogens with zero attached hydrogens (tertiary/aromatic N) is 1. The highest BCUT2D eigenvalue weighted by molar-refractivity contribution is 5.31. The molecule has 1 aliphatic heterocycles. The second-order valence-corrected chi connectivity index (χ2v) is 5.72. The summed E-state index contributed by atoms with van der Waals surface area (Å²) < 4.78 is 11.0. The van der Waals surface area contributed by atoms with Crippen molar-refractivity contribution in [1.82, 2.24) is 4.90 Å². The third-order valence-corrected chi connectivity index (χ3v) is 4.52. The lowest BCUT2D eigenvalue weighted by Crippen LogP contribution is -2.54. The Balaban J connectivity index is 2.21. The Morgan fingerprint density at radius 3 is 2.67 bits per heavy atom. The van der Waals surface area contributed by atoms with E-state index >= 15 is 0 Å². The second-order valence-electron chi connectivity index (χ2n) is 5.72. The topological polar surface area (TPSA) is 41.9 Å². The van der Waals surface area contributed by atoms with Gasteiger partial charge in [0.05, 0.1) is 25.9 Å². The molecule has 2 unspecified atom stereocenters. The van der Waals surface area contributed by atoms with Crippen LogP contribution >= 0.6 is 0 Å². The minimum Gasteiger partial charge on any atom is -0.494 e. The molecular formula is C17H27NO3. The third-order valence-electron chi connectivity index (χ3n) is 4.52. The van der Waals surface area contributed by atoms with Crippen LogP contribution in [-0.4, -0.2) is 48.5 Å². The standard InChI is InChI=1S/C17H27NO3/c1-4-17(3,18-9-11-20-12-10-18)16(19)14-7-6-8-15(13-14)21-5-2/h6-8,13,16,19H,4-5,9-12H2,1-3H3. The van der Waals surface area contributed by atoms with Gasteiger partial charge in [0.2, 0.25) is 0 Å². The molecule has 0 aromatic heterocycles. The summed E-state index contributed by atoms with van der Waals surface area (Å²) in [7, 11) is 0. The fourth-order valence-corrected chi connectivity index (χ4v) is 2.96. The van der Waals surface area contributed by atoms with Crippen molar-refractivity contribution in [2.45, 2.75) is 38.8 Å². The highest BCUT2D eigenvalue weighted by Crippen LogP contribution is 2.35. The highest BCUT2D eigenvalue weighted by Gasteiger charge is 2.38. The van der Waals surface area contributed by atoms with Crippen LogP contribution in [0.25, 0.3) is 0 Å². The minimum absolute atomic E-state index is 0.283. The zero-order chi connectivity index (χ0) is 15.3. The summed E-state index contributed by atoms with van der Waals surface area (Å²) in [6.45, 7) is 10.1. The van der Waals surface area contributed by atoms with Crippen molar-refractivity contribution in [3.8, 4) is 5.75 Å². The van der Waals surface area contributed by atoms with E-state index in [9.17, 15) is 5.11 Å². The van der Waals surface area contributed by atoms with Gasteiger partial charge in [-0.2, -0.15) is 0 Å². The van der Waals surface area contributed by atoms with E-state index in [2.05, 4.69) is 18.7 Å². The normalized spacial score (nSPS) is 20.8. The van der Waals surface area contributed by atoms with Gasteiger partial charge in [0, 0.05) is 18.6 Å². The van der Waals surface area contributed by atoms with E-state index in [0.29, 0.717) is 6.61 Å². The summed E-state index contributed by atoms with van der Waals surface area (Å²) >= 11 is 0. The summed E-state index contributed by atoms with van der Waals surface area (Å²) in [5, 5.41) is 10.9. The maximum atomic E-state index is 10.9. The first-order valence-corrected chi connectivity index (χ1v) is 7.85. The van der Waals surface area contributed by atoms with Gasteiger partial charge in [0.25, 0.3) is 0 Å². The van der Waals surface area contributed by atoms with Crippen molar-refractivity contribution in [2.24, 2.45) is 0 Å². The van der Waals surface area contributed by atoms with Crippen LogP contribution in [0.15, 0.2) is 24.3 Å². The summed E-state index contributed by atoms with van der Waals surface area (Å²) in [6, 6.07) is 7.79. The minimum atomic E-state index is -0.541. The lowest BCUT2D eigenvalue weighted by atomic mass is 9.85. The van der Waals surface area contributed by atoms with Crippen LogP contribution in [0.1, 0.15) is 38.9 Å². The summed E-state index contributed by atoms with van der Waals surface area (Å²) in [4.78, 5) is 2.34. The molecule has 2 atom stereocenters. The number of benzene rings is 1. The van der Waals surface area contributed by atoms with Gasteiger partial charge in [-0.1, -0.05) is 19.1 Å². The molecule has 0 bridgehead atoms. The predicted molar refractivity (Wildman–Crippen MR) is 83.7 cm³/mol. The number of morpholine rings is 1. The molecule has 4 heteroatoms. The number of hydrogen-bond acceptors (Lipinski definition) is 4. The van der Waals surface area contributed by atoms with Crippen LogP contribution in [0.2, 0.25) is 0 Å². The van der Waals surface area contributed by atoms with Crippen LogP contribution in [0, 0.1) is 0 Å². The van der Waals surface area contributed by atoms with Gasteiger partial charge >= 0.3 is 0 Å². The molecule has 1 fully saturated rings. The molecule has 0 spiro atoms. The van der Waals surface area contributed by atoms with E-state index in [1.54, 1.807) is 0 Å². The smallest absolute Gasteiger partial charge is 0.119 e. The van der Waals surface area contributed by atoms with Gasteiger partial charge in [-0.3, -0.25) is 4.90 Å². The SMILES string of the molecule is CCOc1cccc(C(O)C(C)(CC)N2CCOCC2)c1. The third kappa shape index (κ3) is 3.57. The maximum Gasteiger partial charge on any atom is 0.119 e. The Morgan fingerprint density at radius 1 is 1.33 bits per heavy atom. The first-order valence-electron chi connectivity index (χ1n) is 7.85. The molecule has 118 valence electrons. The summed E-state index contributed by atoms with van der Waals surface area (Å²) in [5.74, 6) is 0.814. The molecule has 0 amide bonds. The van der Waals surface area contributed by atoms with Crippen molar-refractivity contribution in [3.05, 3.63) is 29.8 Å². The fourth-order valence-electron chi connectivity index (χ4n) is 2.96. The van der Waals surface area contributed by atoms with Gasteiger partial charge in [0.15, 0.2) is 0 Å². The quantitative estimate of drug-likeness (QED) is 0.875. The molecule has 0 radical (unpaired) electrons.